The fourth-order valence-corrected chi connectivity index (χ4v) is 1.91. The zero-order valence-electron chi connectivity index (χ0n) is 10.1. The molecule has 17 heavy (non-hydrogen) atoms. The molecule has 0 radical (unpaired) electrons. The standard InChI is InChI=1S/C13H17ClFNO/c1-3-7-13(2,16)11(17)8-9-5-4-6-10(15)12(9)14/h4-6H,3,7-8,16H2,1-2H3. The van der Waals surface area contributed by atoms with E-state index in [9.17, 15) is 9.18 Å². The molecule has 0 aliphatic heterocycles. The van der Waals surface area contributed by atoms with Gasteiger partial charge in [0.05, 0.1) is 10.6 Å². The number of hydrogen-bond acceptors (Lipinski definition) is 2. The molecule has 0 amide bonds. The van der Waals surface area contributed by atoms with Gasteiger partial charge < -0.3 is 5.73 Å². The van der Waals surface area contributed by atoms with Crippen LogP contribution in [0.1, 0.15) is 32.3 Å². The van der Waals surface area contributed by atoms with Crippen molar-refractivity contribution in [3.8, 4) is 0 Å². The summed E-state index contributed by atoms with van der Waals surface area (Å²) in [4.78, 5) is 12.0. The van der Waals surface area contributed by atoms with E-state index in [-0.39, 0.29) is 17.2 Å². The zero-order valence-corrected chi connectivity index (χ0v) is 10.9. The Hall–Kier alpha value is -0.930. The lowest BCUT2D eigenvalue weighted by molar-refractivity contribution is -0.123. The van der Waals surface area contributed by atoms with Crippen LogP contribution in [0.5, 0.6) is 0 Å². The van der Waals surface area contributed by atoms with Gasteiger partial charge in [0, 0.05) is 6.42 Å². The molecule has 1 unspecified atom stereocenters. The van der Waals surface area contributed by atoms with Crippen molar-refractivity contribution in [1.82, 2.24) is 0 Å². The second kappa shape index (κ2) is 5.61. The van der Waals surface area contributed by atoms with Crippen LogP contribution in [0.15, 0.2) is 18.2 Å². The first-order chi connectivity index (χ1) is 7.88. The SMILES string of the molecule is CCCC(C)(N)C(=O)Cc1cccc(F)c1Cl. The van der Waals surface area contributed by atoms with Crippen LogP contribution in [0, 0.1) is 5.82 Å². The maximum atomic E-state index is 13.2. The van der Waals surface area contributed by atoms with Crippen molar-refractivity contribution >= 4 is 17.4 Å². The summed E-state index contributed by atoms with van der Waals surface area (Å²) in [5.41, 5.74) is 5.54. The number of halogens is 2. The number of benzene rings is 1. The number of hydrogen-bond donors (Lipinski definition) is 1. The highest BCUT2D eigenvalue weighted by atomic mass is 35.5. The molecule has 0 heterocycles. The summed E-state index contributed by atoms with van der Waals surface area (Å²) in [6.45, 7) is 3.67. The Morgan fingerprint density at radius 2 is 2.18 bits per heavy atom. The monoisotopic (exact) mass is 257 g/mol. The summed E-state index contributed by atoms with van der Waals surface area (Å²) >= 11 is 5.80. The molecule has 2 N–H and O–H groups in total. The third-order valence-corrected chi connectivity index (χ3v) is 3.21. The number of carbonyl (C=O) groups excluding carboxylic acids is 1. The summed E-state index contributed by atoms with van der Waals surface area (Å²) in [5, 5.41) is 0.00754. The summed E-state index contributed by atoms with van der Waals surface area (Å²) in [7, 11) is 0. The van der Waals surface area contributed by atoms with Gasteiger partial charge in [-0.25, -0.2) is 4.39 Å². The van der Waals surface area contributed by atoms with Crippen molar-refractivity contribution in [1.29, 1.82) is 0 Å². The molecule has 1 atom stereocenters. The van der Waals surface area contributed by atoms with Crippen LogP contribution in [-0.2, 0) is 11.2 Å². The highest BCUT2D eigenvalue weighted by molar-refractivity contribution is 6.31. The van der Waals surface area contributed by atoms with Gasteiger partial charge in [-0.1, -0.05) is 37.1 Å². The summed E-state index contributed by atoms with van der Waals surface area (Å²) in [5.74, 6) is -0.627. The average Bonchev–Trinajstić information content (AvgIpc) is 2.24. The van der Waals surface area contributed by atoms with Crippen molar-refractivity contribution in [3.63, 3.8) is 0 Å². The first kappa shape index (κ1) is 14.1. The number of ketones is 1. The summed E-state index contributed by atoms with van der Waals surface area (Å²) in [6.07, 6.45) is 1.51. The predicted molar refractivity (Wildman–Crippen MR) is 67.6 cm³/mol. The largest absolute Gasteiger partial charge is 0.319 e. The van der Waals surface area contributed by atoms with E-state index in [4.69, 9.17) is 17.3 Å². The first-order valence-electron chi connectivity index (χ1n) is 5.63. The fourth-order valence-electron chi connectivity index (χ4n) is 1.72. The number of Topliss-reactive ketones (excluding diaryl/α,β-unsaturated/α-hetero) is 1. The smallest absolute Gasteiger partial charge is 0.156 e. The maximum Gasteiger partial charge on any atom is 0.156 e. The topological polar surface area (TPSA) is 43.1 Å². The van der Waals surface area contributed by atoms with E-state index in [1.54, 1.807) is 13.0 Å². The molecule has 0 aliphatic carbocycles. The fraction of sp³-hybridized carbons (Fsp3) is 0.462. The van der Waals surface area contributed by atoms with E-state index in [1.807, 2.05) is 6.92 Å². The molecular formula is C13H17ClFNO. The normalized spacial score (nSPS) is 14.4. The van der Waals surface area contributed by atoms with E-state index in [0.717, 1.165) is 6.42 Å². The van der Waals surface area contributed by atoms with Crippen molar-refractivity contribution in [3.05, 3.63) is 34.6 Å². The van der Waals surface area contributed by atoms with Crippen molar-refractivity contribution in [2.75, 3.05) is 0 Å². The molecule has 0 saturated carbocycles. The highest BCUT2D eigenvalue weighted by Gasteiger charge is 2.27. The number of carbonyl (C=O) groups is 1. The van der Waals surface area contributed by atoms with Gasteiger partial charge in [0.1, 0.15) is 5.82 Å². The molecule has 1 aromatic carbocycles. The molecule has 4 heteroatoms. The molecule has 2 nitrogen and oxygen atoms in total. The molecule has 0 fully saturated rings. The molecule has 0 aromatic heterocycles. The Balaban J connectivity index is 2.85. The van der Waals surface area contributed by atoms with Crippen molar-refractivity contribution < 1.29 is 9.18 Å². The van der Waals surface area contributed by atoms with Gasteiger partial charge in [-0.3, -0.25) is 4.79 Å². The molecule has 0 aliphatic rings. The van der Waals surface area contributed by atoms with Crippen molar-refractivity contribution in [2.45, 2.75) is 38.6 Å². The predicted octanol–water partition coefficient (Wildman–Crippen LogP) is 3.11. The van der Waals surface area contributed by atoms with E-state index in [1.165, 1.54) is 12.1 Å². The van der Waals surface area contributed by atoms with Gasteiger partial charge in [0.15, 0.2) is 5.78 Å². The van der Waals surface area contributed by atoms with Crippen LogP contribution in [0.25, 0.3) is 0 Å². The van der Waals surface area contributed by atoms with Crippen LogP contribution in [-0.4, -0.2) is 11.3 Å². The second-order valence-electron chi connectivity index (χ2n) is 4.48. The van der Waals surface area contributed by atoms with Gasteiger partial charge in [-0.05, 0) is 25.0 Å². The first-order valence-corrected chi connectivity index (χ1v) is 6.01. The molecule has 1 aromatic rings. The lowest BCUT2D eigenvalue weighted by Gasteiger charge is -2.22. The number of nitrogens with two attached hydrogens (primary N) is 1. The molecule has 1 rings (SSSR count). The summed E-state index contributed by atoms with van der Waals surface area (Å²) < 4.78 is 13.2. The molecular weight excluding hydrogens is 241 g/mol. The Morgan fingerprint density at radius 1 is 1.53 bits per heavy atom. The minimum absolute atomic E-state index is 0.00754. The minimum atomic E-state index is -0.871. The lowest BCUT2D eigenvalue weighted by atomic mass is 9.88. The van der Waals surface area contributed by atoms with E-state index in [0.29, 0.717) is 12.0 Å². The Morgan fingerprint density at radius 3 is 2.76 bits per heavy atom. The number of rotatable bonds is 5. The molecule has 0 saturated heterocycles. The quantitative estimate of drug-likeness (QED) is 0.881. The highest BCUT2D eigenvalue weighted by Crippen LogP contribution is 2.22. The van der Waals surface area contributed by atoms with Crippen LogP contribution in [0.4, 0.5) is 4.39 Å². The zero-order chi connectivity index (χ0) is 13.1. The van der Waals surface area contributed by atoms with Gasteiger partial charge in [-0.15, -0.1) is 0 Å². The van der Waals surface area contributed by atoms with Gasteiger partial charge in [-0.2, -0.15) is 0 Å². The van der Waals surface area contributed by atoms with Crippen LogP contribution < -0.4 is 5.73 Å². The Labute approximate surface area is 106 Å². The van der Waals surface area contributed by atoms with Gasteiger partial charge >= 0.3 is 0 Å². The molecule has 0 bridgehead atoms. The van der Waals surface area contributed by atoms with Gasteiger partial charge in [0.2, 0.25) is 0 Å². The lowest BCUT2D eigenvalue weighted by Crippen LogP contribution is -2.45. The maximum absolute atomic E-state index is 13.2. The van der Waals surface area contributed by atoms with Crippen LogP contribution >= 0.6 is 11.6 Å². The minimum Gasteiger partial charge on any atom is -0.319 e. The van der Waals surface area contributed by atoms with E-state index < -0.39 is 11.4 Å². The molecule has 94 valence electrons. The third kappa shape index (κ3) is 3.51. The average molecular weight is 258 g/mol. The second-order valence-corrected chi connectivity index (χ2v) is 4.86. The van der Waals surface area contributed by atoms with E-state index >= 15 is 0 Å². The van der Waals surface area contributed by atoms with Crippen LogP contribution in [0.3, 0.4) is 0 Å². The van der Waals surface area contributed by atoms with Crippen molar-refractivity contribution in [2.24, 2.45) is 5.73 Å². The molecule has 0 spiro atoms. The summed E-state index contributed by atoms with van der Waals surface area (Å²) in [6, 6.07) is 4.45. The Bertz CT molecular complexity index is 418. The van der Waals surface area contributed by atoms with Crippen LogP contribution in [0.2, 0.25) is 5.02 Å². The van der Waals surface area contributed by atoms with Gasteiger partial charge in [0.25, 0.3) is 0 Å². The Kier molecular flexibility index (Phi) is 4.66. The third-order valence-electron chi connectivity index (χ3n) is 2.79. The van der Waals surface area contributed by atoms with E-state index in [2.05, 4.69) is 0 Å².